The minimum absolute atomic E-state index is 0.0118. The molecule has 4 atom stereocenters. The van der Waals surface area contributed by atoms with Crippen LogP contribution >= 0.6 is 0 Å². The first-order valence-electron chi connectivity index (χ1n) is 27.0. The molecule has 4 aromatic rings. The van der Waals surface area contributed by atoms with Crippen molar-refractivity contribution in [3.63, 3.8) is 0 Å². The van der Waals surface area contributed by atoms with Crippen molar-refractivity contribution in [3.8, 4) is 11.4 Å². The molecule has 81 heavy (non-hydrogen) atoms. The first kappa shape index (κ1) is 59.1. The molecule has 6 N–H and O–H groups in total. The lowest BCUT2D eigenvalue weighted by atomic mass is 9.81. The zero-order chi connectivity index (χ0) is 58.1. The highest BCUT2D eigenvalue weighted by Gasteiger charge is 2.46. The molecule has 430 valence electrons. The molecule has 23 nitrogen and oxygen atoms in total. The Hall–Kier alpha value is -8.06. The number of hydrogen-bond acceptors (Lipinski definition) is 16. The van der Waals surface area contributed by atoms with Crippen molar-refractivity contribution in [2.75, 3.05) is 66.7 Å². The summed E-state index contributed by atoms with van der Waals surface area (Å²) in [5.41, 5.74) is 2.45. The van der Waals surface area contributed by atoms with Crippen LogP contribution < -0.4 is 32.1 Å². The van der Waals surface area contributed by atoms with Gasteiger partial charge in [0.2, 0.25) is 29.5 Å². The van der Waals surface area contributed by atoms with Crippen LogP contribution in [0.4, 0.5) is 4.39 Å². The number of cyclic esters (lactones) is 1. The number of amides is 7. The van der Waals surface area contributed by atoms with Gasteiger partial charge in [0.15, 0.2) is 5.60 Å². The zero-order valence-corrected chi connectivity index (χ0v) is 45.7. The molecular formula is C57H67FN10O13. The summed E-state index contributed by atoms with van der Waals surface area (Å²) in [6, 6.07) is 9.38. The Balaban J connectivity index is 0.782. The summed E-state index contributed by atoms with van der Waals surface area (Å²) in [5.74, 6) is -4.41. The number of nitrogens with zero attached hydrogens (tertiary/aromatic N) is 5. The smallest absolute Gasteiger partial charge is 0.343 e. The van der Waals surface area contributed by atoms with Crippen molar-refractivity contribution in [2.24, 2.45) is 0 Å². The van der Waals surface area contributed by atoms with E-state index in [9.17, 15) is 53.1 Å². The number of aryl methyl sites for hydroxylation is 1. The summed E-state index contributed by atoms with van der Waals surface area (Å²) in [7, 11) is 3.45. The standard InChI is InChI=1S/C57H67FN10O13/c1-5-57(79)39-23-44-53-37(28-68(44)55(77)38(39)31-81-56(57)78)52-43(16-15-36-33(2)40(58)24-41(64-53)51(36)52)66(4)50(75)29-65(3)20-21-80-32-61-46(71)27-60-54(76)42(22-34-12-8-6-9-13-34)63-47(72)26-59-25-35(30-69)62-45(70)14-10-7-11-19-67-48(73)17-18-49(67)74/h6,8-9,12-13,17-18,23-24,30,35,42-43,59,79H,5,7,10-11,14-16,19-22,25-29,31-32H2,1-4H3,(H,60,76)(H,61,71)(H,62,70)(H,63,72)/t35?,42-,43-,57-/m0/s1. The Morgan fingerprint density at radius 2 is 1.70 bits per heavy atom. The van der Waals surface area contributed by atoms with Crippen LogP contribution in [0.2, 0.25) is 0 Å². The van der Waals surface area contributed by atoms with Crippen molar-refractivity contribution < 1.29 is 62.1 Å². The Kier molecular flexibility index (Phi) is 19.0. The molecule has 8 rings (SSSR count). The molecule has 24 heteroatoms. The van der Waals surface area contributed by atoms with Crippen molar-refractivity contribution in [1.29, 1.82) is 0 Å². The first-order valence-corrected chi connectivity index (χ1v) is 27.0. The highest BCUT2D eigenvalue weighted by molar-refractivity contribution is 6.12. The van der Waals surface area contributed by atoms with Crippen LogP contribution in [0.15, 0.2) is 59.4 Å². The lowest BCUT2D eigenvalue weighted by Gasteiger charge is -2.36. The lowest BCUT2D eigenvalue weighted by Crippen LogP contribution is -2.52. The first-order chi connectivity index (χ1) is 38.8. The van der Waals surface area contributed by atoms with Crippen LogP contribution in [-0.2, 0) is 84.2 Å². The number of aromatic nitrogens is 2. The fourth-order valence-electron chi connectivity index (χ4n) is 10.7. The molecule has 5 heterocycles. The average Bonchev–Trinajstić information content (AvgIpc) is 4.15. The quantitative estimate of drug-likeness (QED) is 0.0138. The molecular weight excluding hydrogens is 1050 g/mol. The van der Waals surface area contributed by atoms with Gasteiger partial charge in [-0.1, -0.05) is 43.7 Å². The number of likely N-dealkylation sites (N-methyl/N-ethyl adjacent to an activating group) is 2. The number of benzene rings is 2. The monoisotopic (exact) mass is 1120 g/mol. The number of aliphatic hydroxyl groups is 1. The topological polar surface area (TPSA) is 297 Å². The summed E-state index contributed by atoms with van der Waals surface area (Å²) >= 11 is 0. The Bertz CT molecular complexity index is 3220. The highest BCUT2D eigenvalue weighted by atomic mass is 19.1. The minimum atomic E-state index is -2.03. The fourth-order valence-corrected chi connectivity index (χ4v) is 10.7. The van der Waals surface area contributed by atoms with Gasteiger partial charge >= 0.3 is 5.97 Å². The van der Waals surface area contributed by atoms with Gasteiger partial charge in [-0.25, -0.2) is 14.2 Å². The molecule has 7 amide bonds. The predicted molar refractivity (Wildman–Crippen MR) is 290 cm³/mol. The Morgan fingerprint density at radius 3 is 2.43 bits per heavy atom. The van der Waals surface area contributed by atoms with Gasteiger partial charge in [0.05, 0.1) is 67.3 Å². The number of pyridine rings is 2. The highest BCUT2D eigenvalue weighted by Crippen LogP contribution is 2.47. The normalized spacial score (nSPS) is 17.5. The second-order valence-corrected chi connectivity index (χ2v) is 20.7. The largest absolute Gasteiger partial charge is 0.458 e. The number of hydrogen-bond donors (Lipinski definition) is 6. The fraction of sp³-hybridized carbons (Fsp3) is 0.456. The summed E-state index contributed by atoms with van der Waals surface area (Å²) < 4.78 is 27.9. The molecule has 1 unspecified atom stereocenters. The van der Waals surface area contributed by atoms with E-state index in [-0.39, 0.29) is 107 Å². The van der Waals surface area contributed by atoms with Crippen LogP contribution in [0.5, 0.6) is 0 Å². The van der Waals surface area contributed by atoms with Gasteiger partial charge in [0.1, 0.15) is 31.5 Å². The van der Waals surface area contributed by atoms with Gasteiger partial charge in [0, 0.05) is 74.3 Å². The van der Waals surface area contributed by atoms with Crippen molar-refractivity contribution >= 4 is 64.5 Å². The average molecular weight is 1120 g/mol. The SMILES string of the molecule is CC[C@@]1(O)C(=O)OCc2c1cc1n(c2=O)Cc2c-1nc1cc(F)c(C)c3c1c2[C@@H](N(C)C(=O)CN(C)CCOCNC(=O)CNC(=O)[C@H](Cc1ccccc1)NC(=O)CNCC(C=O)NC(=O)CCCCCN1C(=O)C=CC1=O)CC3. The molecule has 0 spiro atoms. The second-order valence-electron chi connectivity index (χ2n) is 20.7. The van der Waals surface area contributed by atoms with Crippen LogP contribution in [-0.4, -0.2) is 162 Å². The number of halogens is 1. The van der Waals surface area contributed by atoms with E-state index < -0.39 is 65.3 Å². The van der Waals surface area contributed by atoms with Gasteiger partial charge in [0.25, 0.3) is 17.4 Å². The Morgan fingerprint density at radius 1 is 0.951 bits per heavy atom. The van der Waals surface area contributed by atoms with E-state index in [1.807, 2.05) is 0 Å². The van der Waals surface area contributed by atoms with Crippen LogP contribution in [0.3, 0.4) is 0 Å². The number of ether oxygens (including phenoxy) is 2. The number of nitrogens with one attached hydrogen (secondary N) is 5. The number of aldehydes is 1. The third kappa shape index (κ3) is 13.3. The lowest BCUT2D eigenvalue weighted by molar-refractivity contribution is -0.172. The number of unbranched alkanes of at least 4 members (excludes halogenated alkanes) is 2. The molecule has 0 radical (unpaired) electrons. The van der Waals surface area contributed by atoms with Crippen molar-refractivity contribution in [3.05, 3.63) is 110 Å². The molecule has 1 aliphatic carbocycles. The number of carbonyl (C=O) groups excluding carboxylic acids is 9. The van der Waals surface area contributed by atoms with Gasteiger partial charge < -0.3 is 55.4 Å². The maximum atomic E-state index is 15.5. The summed E-state index contributed by atoms with van der Waals surface area (Å²) in [5, 5.41) is 25.3. The van der Waals surface area contributed by atoms with Crippen LogP contribution in [0.1, 0.15) is 90.4 Å². The maximum Gasteiger partial charge on any atom is 0.343 e. The third-order valence-corrected chi connectivity index (χ3v) is 15.3. The summed E-state index contributed by atoms with van der Waals surface area (Å²) in [4.78, 5) is 137. The molecule has 0 bridgehead atoms. The second kappa shape index (κ2) is 26.0. The van der Waals surface area contributed by atoms with E-state index in [1.165, 1.54) is 22.8 Å². The minimum Gasteiger partial charge on any atom is -0.458 e. The van der Waals surface area contributed by atoms with E-state index in [2.05, 4.69) is 26.6 Å². The predicted octanol–water partition coefficient (Wildman–Crippen LogP) is 0.597. The molecule has 4 aliphatic rings. The summed E-state index contributed by atoms with van der Waals surface area (Å²) in [6.07, 6.45) is 5.64. The molecule has 0 saturated carbocycles. The van der Waals surface area contributed by atoms with Gasteiger partial charge in [-0.15, -0.1) is 0 Å². The van der Waals surface area contributed by atoms with Gasteiger partial charge in [-0.2, -0.15) is 0 Å². The summed E-state index contributed by atoms with van der Waals surface area (Å²) in [6.45, 7) is 2.77. The van der Waals surface area contributed by atoms with E-state index >= 15 is 4.39 Å². The number of imide groups is 1. The van der Waals surface area contributed by atoms with Crippen LogP contribution in [0, 0.1) is 12.7 Å². The molecule has 3 aliphatic heterocycles. The maximum absolute atomic E-state index is 15.5. The Labute approximate surface area is 465 Å². The van der Waals surface area contributed by atoms with Crippen molar-refractivity contribution in [2.45, 2.75) is 102 Å². The van der Waals surface area contributed by atoms with E-state index in [0.717, 1.165) is 27.0 Å². The molecule has 0 saturated heterocycles. The molecule has 2 aromatic heterocycles. The number of carbonyl (C=O) groups is 9. The number of esters is 1. The van der Waals surface area contributed by atoms with E-state index in [4.69, 9.17) is 14.5 Å². The number of rotatable bonds is 27. The molecule has 2 aromatic carbocycles. The third-order valence-electron chi connectivity index (χ3n) is 15.3. The molecule has 0 fully saturated rings. The van der Waals surface area contributed by atoms with Gasteiger partial charge in [-0.05, 0) is 74.4 Å². The van der Waals surface area contributed by atoms with Crippen molar-refractivity contribution in [1.82, 2.24) is 50.8 Å². The van der Waals surface area contributed by atoms with E-state index in [0.29, 0.717) is 73.0 Å². The van der Waals surface area contributed by atoms with Crippen LogP contribution in [0.25, 0.3) is 22.3 Å². The van der Waals surface area contributed by atoms with E-state index in [1.54, 1.807) is 74.1 Å². The zero-order valence-electron chi connectivity index (χ0n) is 45.7. The number of fused-ring (bicyclic) bond motifs is 5. The van der Waals surface area contributed by atoms with Gasteiger partial charge in [-0.3, -0.25) is 48.2 Å².